The summed E-state index contributed by atoms with van der Waals surface area (Å²) < 4.78 is 0. The lowest BCUT2D eigenvalue weighted by atomic mass is 10.1. The number of aromatic nitrogens is 1. The standard InChI is InChI=1S/C10H14N4O2S/c1-5-7(17-10(11)13-5)9(16)14-6-3-2-4-12-8(6)15/h6H,2-4H2,1H3,(H2,11,13)(H,12,15)(H,14,16). The van der Waals surface area contributed by atoms with E-state index in [4.69, 9.17) is 5.73 Å². The van der Waals surface area contributed by atoms with Crippen molar-refractivity contribution in [2.45, 2.75) is 25.8 Å². The lowest BCUT2D eigenvalue weighted by molar-refractivity contribution is -0.124. The van der Waals surface area contributed by atoms with Gasteiger partial charge in [-0.2, -0.15) is 0 Å². The zero-order chi connectivity index (χ0) is 12.4. The molecule has 1 saturated heterocycles. The van der Waals surface area contributed by atoms with Crippen LogP contribution >= 0.6 is 11.3 Å². The van der Waals surface area contributed by atoms with Gasteiger partial charge in [-0.15, -0.1) is 0 Å². The van der Waals surface area contributed by atoms with Gasteiger partial charge in [-0.3, -0.25) is 9.59 Å². The van der Waals surface area contributed by atoms with E-state index < -0.39 is 6.04 Å². The molecule has 2 heterocycles. The lowest BCUT2D eigenvalue weighted by Gasteiger charge is -2.22. The summed E-state index contributed by atoms with van der Waals surface area (Å²) in [6, 6.07) is -0.445. The van der Waals surface area contributed by atoms with Crippen molar-refractivity contribution in [1.29, 1.82) is 0 Å². The number of hydrogen-bond acceptors (Lipinski definition) is 5. The van der Waals surface area contributed by atoms with Crippen molar-refractivity contribution in [3.63, 3.8) is 0 Å². The van der Waals surface area contributed by atoms with Gasteiger partial charge in [-0.1, -0.05) is 11.3 Å². The van der Waals surface area contributed by atoms with E-state index in [2.05, 4.69) is 15.6 Å². The van der Waals surface area contributed by atoms with Crippen LogP contribution in [0.25, 0.3) is 0 Å². The summed E-state index contributed by atoms with van der Waals surface area (Å²) in [5.74, 6) is -0.404. The molecule has 2 amide bonds. The number of piperidine rings is 1. The van der Waals surface area contributed by atoms with Gasteiger partial charge in [0, 0.05) is 6.54 Å². The van der Waals surface area contributed by atoms with E-state index >= 15 is 0 Å². The van der Waals surface area contributed by atoms with Gasteiger partial charge in [0.25, 0.3) is 5.91 Å². The second-order valence-electron chi connectivity index (χ2n) is 3.93. The van der Waals surface area contributed by atoms with Crippen molar-refractivity contribution in [2.75, 3.05) is 12.3 Å². The second kappa shape index (κ2) is 4.70. The molecule has 2 rings (SSSR count). The minimum Gasteiger partial charge on any atom is -0.375 e. The first-order valence-electron chi connectivity index (χ1n) is 5.39. The number of carbonyl (C=O) groups excluding carboxylic acids is 2. The number of aryl methyl sites for hydroxylation is 1. The molecule has 4 N–H and O–H groups in total. The van der Waals surface area contributed by atoms with Crippen LogP contribution in [0.3, 0.4) is 0 Å². The van der Waals surface area contributed by atoms with E-state index in [0.29, 0.717) is 28.7 Å². The molecule has 1 aliphatic heterocycles. The smallest absolute Gasteiger partial charge is 0.264 e. The maximum absolute atomic E-state index is 11.9. The van der Waals surface area contributed by atoms with E-state index in [1.165, 1.54) is 0 Å². The number of anilines is 1. The van der Waals surface area contributed by atoms with E-state index in [0.717, 1.165) is 17.8 Å². The maximum Gasteiger partial charge on any atom is 0.264 e. The molecule has 0 spiro atoms. The third-order valence-corrected chi connectivity index (χ3v) is 3.60. The van der Waals surface area contributed by atoms with E-state index in [9.17, 15) is 9.59 Å². The SMILES string of the molecule is Cc1nc(N)sc1C(=O)NC1CCCNC1=O. The van der Waals surface area contributed by atoms with Crippen molar-refractivity contribution in [3.8, 4) is 0 Å². The normalized spacial score (nSPS) is 19.8. The number of amides is 2. The predicted molar refractivity (Wildman–Crippen MR) is 64.8 cm³/mol. The molecular formula is C10H14N4O2S. The highest BCUT2D eigenvalue weighted by atomic mass is 32.1. The molecule has 0 saturated carbocycles. The summed E-state index contributed by atoms with van der Waals surface area (Å²) in [4.78, 5) is 27.9. The number of nitrogens with zero attached hydrogens (tertiary/aromatic N) is 1. The Kier molecular flexibility index (Phi) is 3.28. The Bertz CT molecular complexity index is 457. The zero-order valence-electron chi connectivity index (χ0n) is 9.45. The minimum atomic E-state index is -0.445. The molecule has 0 radical (unpaired) electrons. The largest absolute Gasteiger partial charge is 0.375 e. The van der Waals surface area contributed by atoms with Crippen LogP contribution in [0, 0.1) is 6.92 Å². The molecule has 17 heavy (non-hydrogen) atoms. The van der Waals surface area contributed by atoms with Gasteiger partial charge in [0.05, 0.1) is 5.69 Å². The average Bonchev–Trinajstić information content (AvgIpc) is 2.61. The highest BCUT2D eigenvalue weighted by molar-refractivity contribution is 7.17. The summed E-state index contributed by atoms with van der Waals surface area (Å²) in [6.07, 6.45) is 1.55. The first-order valence-corrected chi connectivity index (χ1v) is 6.21. The van der Waals surface area contributed by atoms with Gasteiger partial charge in [-0.25, -0.2) is 4.98 Å². The molecule has 1 unspecified atom stereocenters. The molecule has 1 atom stereocenters. The van der Waals surface area contributed by atoms with Crippen molar-refractivity contribution in [2.24, 2.45) is 0 Å². The molecule has 1 aliphatic rings. The third kappa shape index (κ3) is 2.55. The topological polar surface area (TPSA) is 97.1 Å². The number of carbonyl (C=O) groups is 2. The monoisotopic (exact) mass is 254 g/mol. The fourth-order valence-corrected chi connectivity index (χ4v) is 2.50. The number of nitrogens with one attached hydrogen (secondary N) is 2. The molecular weight excluding hydrogens is 240 g/mol. The number of thiazole rings is 1. The Morgan fingerprint density at radius 3 is 3.00 bits per heavy atom. The first kappa shape index (κ1) is 11.8. The van der Waals surface area contributed by atoms with Gasteiger partial charge in [-0.05, 0) is 19.8 Å². The molecule has 1 aromatic rings. The van der Waals surface area contributed by atoms with Crippen LogP contribution in [0.5, 0.6) is 0 Å². The summed E-state index contributed by atoms with van der Waals surface area (Å²) in [5.41, 5.74) is 6.12. The van der Waals surface area contributed by atoms with Gasteiger partial charge in [0.1, 0.15) is 10.9 Å². The van der Waals surface area contributed by atoms with Crippen LogP contribution in [-0.2, 0) is 4.79 Å². The van der Waals surface area contributed by atoms with Crippen LogP contribution in [0.4, 0.5) is 5.13 Å². The quantitative estimate of drug-likeness (QED) is 0.694. The Balaban J connectivity index is 2.06. The summed E-state index contributed by atoms with van der Waals surface area (Å²) in [6.45, 7) is 2.40. The molecule has 6 nitrogen and oxygen atoms in total. The number of nitrogen functional groups attached to an aromatic ring is 1. The fraction of sp³-hybridized carbons (Fsp3) is 0.500. The van der Waals surface area contributed by atoms with Gasteiger partial charge in [0.2, 0.25) is 5.91 Å². The first-order chi connectivity index (χ1) is 8.08. The highest BCUT2D eigenvalue weighted by Crippen LogP contribution is 2.19. The summed E-state index contributed by atoms with van der Waals surface area (Å²) in [5, 5.41) is 5.78. The van der Waals surface area contributed by atoms with Crippen LogP contribution in [-0.4, -0.2) is 29.4 Å². The van der Waals surface area contributed by atoms with Crippen molar-refractivity contribution in [1.82, 2.24) is 15.6 Å². The number of rotatable bonds is 2. The Morgan fingerprint density at radius 2 is 2.41 bits per heavy atom. The zero-order valence-corrected chi connectivity index (χ0v) is 10.3. The second-order valence-corrected chi connectivity index (χ2v) is 4.96. The average molecular weight is 254 g/mol. The van der Waals surface area contributed by atoms with Crippen molar-refractivity contribution >= 4 is 28.3 Å². The van der Waals surface area contributed by atoms with E-state index in [1.807, 2.05) is 0 Å². The third-order valence-electron chi connectivity index (χ3n) is 2.61. The summed E-state index contributed by atoms with van der Waals surface area (Å²) in [7, 11) is 0. The Morgan fingerprint density at radius 1 is 1.65 bits per heavy atom. The molecule has 1 aromatic heterocycles. The van der Waals surface area contributed by atoms with Crippen LogP contribution in [0.15, 0.2) is 0 Å². The number of nitrogens with two attached hydrogens (primary N) is 1. The predicted octanol–water partition coefficient (Wildman–Crippen LogP) is 0.0421. The van der Waals surface area contributed by atoms with Crippen molar-refractivity contribution < 1.29 is 9.59 Å². The van der Waals surface area contributed by atoms with Gasteiger partial charge in [0.15, 0.2) is 5.13 Å². The van der Waals surface area contributed by atoms with E-state index in [-0.39, 0.29) is 11.8 Å². The minimum absolute atomic E-state index is 0.125. The highest BCUT2D eigenvalue weighted by Gasteiger charge is 2.25. The molecule has 0 bridgehead atoms. The molecule has 92 valence electrons. The molecule has 0 aromatic carbocycles. The van der Waals surface area contributed by atoms with E-state index in [1.54, 1.807) is 6.92 Å². The molecule has 0 aliphatic carbocycles. The van der Waals surface area contributed by atoms with Crippen LogP contribution < -0.4 is 16.4 Å². The van der Waals surface area contributed by atoms with Gasteiger partial charge >= 0.3 is 0 Å². The lowest BCUT2D eigenvalue weighted by Crippen LogP contribution is -2.50. The fourth-order valence-electron chi connectivity index (χ4n) is 1.76. The van der Waals surface area contributed by atoms with Crippen molar-refractivity contribution in [3.05, 3.63) is 10.6 Å². The molecule has 1 fully saturated rings. The maximum atomic E-state index is 11.9. The van der Waals surface area contributed by atoms with Crippen LogP contribution in [0.1, 0.15) is 28.2 Å². The number of hydrogen-bond donors (Lipinski definition) is 3. The summed E-state index contributed by atoms with van der Waals surface area (Å²) >= 11 is 1.14. The Labute approximate surface area is 103 Å². The van der Waals surface area contributed by atoms with Gasteiger partial charge < -0.3 is 16.4 Å². The van der Waals surface area contributed by atoms with Crippen LogP contribution in [0.2, 0.25) is 0 Å². The molecule has 7 heteroatoms. The Hall–Kier alpha value is -1.63.